The predicted octanol–water partition coefficient (Wildman–Crippen LogP) is 3.46. The highest BCUT2D eigenvalue weighted by Gasteiger charge is 2.36. The molecule has 2 aliphatic heterocycles. The van der Waals surface area contributed by atoms with Crippen LogP contribution in [0.2, 0.25) is 5.02 Å². The van der Waals surface area contributed by atoms with Gasteiger partial charge in [-0.3, -0.25) is 4.79 Å². The Labute approximate surface area is 198 Å². The fourth-order valence-corrected chi connectivity index (χ4v) is 5.30. The van der Waals surface area contributed by atoms with Crippen molar-refractivity contribution in [2.75, 3.05) is 31.1 Å². The van der Waals surface area contributed by atoms with Crippen LogP contribution < -0.4 is 20.3 Å². The van der Waals surface area contributed by atoms with Crippen LogP contribution in [0.4, 0.5) is 11.5 Å². The van der Waals surface area contributed by atoms with Crippen LogP contribution in [0, 0.1) is 18.4 Å². The molecular formula is C24H27ClN6O2. The molecule has 1 aliphatic carbocycles. The highest BCUT2D eigenvalue weighted by atomic mass is 35.5. The molecular weight excluding hydrogens is 440 g/mol. The van der Waals surface area contributed by atoms with Gasteiger partial charge in [-0.25, -0.2) is 4.85 Å². The number of amides is 1. The van der Waals surface area contributed by atoms with Crippen molar-refractivity contribution in [3.8, 4) is 5.75 Å². The van der Waals surface area contributed by atoms with Crippen LogP contribution >= 0.6 is 11.6 Å². The van der Waals surface area contributed by atoms with Gasteiger partial charge in [0.15, 0.2) is 11.5 Å². The van der Waals surface area contributed by atoms with Gasteiger partial charge < -0.3 is 20.3 Å². The molecule has 2 saturated heterocycles. The molecule has 1 saturated carbocycles. The van der Waals surface area contributed by atoms with Crippen molar-refractivity contribution in [1.29, 1.82) is 0 Å². The number of benzene rings is 1. The van der Waals surface area contributed by atoms with E-state index in [-0.39, 0.29) is 18.1 Å². The zero-order valence-corrected chi connectivity index (χ0v) is 19.1. The molecule has 0 spiro atoms. The van der Waals surface area contributed by atoms with Crippen LogP contribution in [0.1, 0.15) is 36.2 Å². The third kappa shape index (κ3) is 4.90. The molecule has 5 rings (SSSR count). The molecule has 3 aliphatic rings. The summed E-state index contributed by atoms with van der Waals surface area (Å²) in [7, 11) is 0. The van der Waals surface area contributed by atoms with Gasteiger partial charge in [-0.15, -0.1) is 10.2 Å². The lowest BCUT2D eigenvalue weighted by Gasteiger charge is -2.29. The van der Waals surface area contributed by atoms with Crippen LogP contribution in [0.5, 0.6) is 5.75 Å². The lowest BCUT2D eigenvalue weighted by molar-refractivity contribution is 0.0888. The van der Waals surface area contributed by atoms with Crippen LogP contribution in [0.3, 0.4) is 0 Å². The van der Waals surface area contributed by atoms with E-state index in [1.165, 1.54) is 0 Å². The predicted molar refractivity (Wildman–Crippen MR) is 126 cm³/mol. The minimum Gasteiger partial charge on any atom is -0.490 e. The molecule has 9 heteroatoms. The van der Waals surface area contributed by atoms with Crippen LogP contribution in [-0.4, -0.2) is 54.4 Å². The van der Waals surface area contributed by atoms with E-state index in [2.05, 4.69) is 30.6 Å². The summed E-state index contributed by atoms with van der Waals surface area (Å²) in [5.74, 6) is 2.71. The summed E-state index contributed by atoms with van der Waals surface area (Å²) in [5, 5.41) is 15.5. The maximum Gasteiger partial charge on any atom is 0.272 e. The lowest BCUT2D eigenvalue weighted by Crippen LogP contribution is -2.40. The summed E-state index contributed by atoms with van der Waals surface area (Å²) in [5.41, 5.74) is 0.777. The standard InChI is InChI=1S/C24H27ClN6O2/c1-26-21-7-6-19(10-20(21)25)33-18-4-2-17(3-5-18)28-24(32)22-8-9-23(30-29-22)31-13-15-11-27-12-16(15)14-31/h6-10,15-18,27H,2-5,11-14H2,(H,28,32). The number of halogens is 1. The minimum absolute atomic E-state index is 0.0715. The van der Waals surface area contributed by atoms with Crippen molar-refractivity contribution < 1.29 is 9.53 Å². The number of anilines is 1. The number of carbonyl (C=O) groups excluding carboxylic acids is 1. The van der Waals surface area contributed by atoms with Gasteiger partial charge in [0.2, 0.25) is 5.69 Å². The number of hydrogen-bond donors (Lipinski definition) is 2. The van der Waals surface area contributed by atoms with Crippen molar-refractivity contribution in [3.05, 3.63) is 52.5 Å². The Bertz CT molecular complexity index is 1040. The van der Waals surface area contributed by atoms with Crippen LogP contribution in [0.15, 0.2) is 30.3 Å². The highest BCUT2D eigenvalue weighted by Crippen LogP contribution is 2.32. The quantitative estimate of drug-likeness (QED) is 0.656. The molecule has 2 aromatic rings. The molecule has 33 heavy (non-hydrogen) atoms. The number of rotatable bonds is 5. The Morgan fingerprint density at radius 3 is 2.52 bits per heavy atom. The first-order chi connectivity index (χ1) is 16.1. The number of carbonyl (C=O) groups is 1. The van der Waals surface area contributed by atoms with Crippen LogP contribution in [0.25, 0.3) is 4.85 Å². The maximum absolute atomic E-state index is 12.7. The number of nitrogens with one attached hydrogen (secondary N) is 2. The second kappa shape index (κ2) is 9.54. The molecule has 1 aromatic carbocycles. The summed E-state index contributed by atoms with van der Waals surface area (Å²) >= 11 is 6.10. The number of fused-ring (bicyclic) bond motifs is 1. The summed E-state index contributed by atoms with van der Waals surface area (Å²) in [6.45, 7) is 11.2. The van der Waals surface area contributed by atoms with E-state index in [0.717, 1.165) is 57.7 Å². The Hall–Kier alpha value is -2.89. The van der Waals surface area contributed by atoms with Gasteiger partial charge in [0.25, 0.3) is 5.91 Å². The van der Waals surface area contributed by atoms with Crippen molar-refractivity contribution in [3.63, 3.8) is 0 Å². The maximum atomic E-state index is 12.7. The zero-order chi connectivity index (χ0) is 22.8. The van der Waals surface area contributed by atoms with Gasteiger partial charge in [0.05, 0.1) is 17.7 Å². The van der Waals surface area contributed by atoms with Gasteiger partial charge in [-0.05, 0) is 61.8 Å². The number of ether oxygens (including phenoxy) is 1. The molecule has 8 nitrogen and oxygen atoms in total. The molecule has 172 valence electrons. The highest BCUT2D eigenvalue weighted by molar-refractivity contribution is 6.33. The van der Waals surface area contributed by atoms with E-state index < -0.39 is 0 Å². The topological polar surface area (TPSA) is 83.7 Å². The number of aromatic nitrogens is 2. The SMILES string of the molecule is [C-]#[N+]c1ccc(OC2CCC(NC(=O)c3ccc(N4CC5CNCC5C4)nn3)CC2)cc1Cl. The first kappa shape index (κ1) is 21.9. The average Bonchev–Trinajstić information content (AvgIpc) is 3.43. The Morgan fingerprint density at radius 2 is 1.88 bits per heavy atom. The number of nitrogens with zero attached hydrogens (tertiary/aromatic N) is 4. The fraction of sp³-hybridized carbons (Fsp3) is 0.500. The molecule has 0 bridgehead atoms. The Kier molecular flexibility index (Phi) is 6.34. The summed E-state index contributed by atoms with van der Waals surface area (Å²) < 4.78 is 6.03. The van der Waals surface area contributed by atoms with Gasteiger partial charge in [-0.1, -0.05) is 17.7 Å². The second-order valence-electron chi connectivity index (χ2n) is 9.15. The lowest BCUT2D eigenvalue weighted by atomic mass is 9.93. The average molecular weight is 467 g/mol. The van der Waals surface area contributed by atoms with Crippen molar-refractivity contribution >= 4 is 29.0 Å². The molecule has 3 heterocycles. The summed E-state index contributed by atoms with van der Waals surface area (Å²) in [6, 6.07) is 8.92. The van der Waals surface area contributed by atoms with E-state index in [9.17, 15) is 4.79 Å². The molecule has 0 radical (unpaired) electrons. The third-order valence-corrected chi connectivity index (χ3v) is 7.25. The van der Waals surface area contributed by atoms with Gasteiger partial charge in [0.1, 0.15) is 5.75 Å². The van der Waals surface area contributed by atoms with E-state index in [1.807, 2.05) is 6.07 Å². The first-order valence-corrected chi connectivity index (χ1v) is 11.9. The number of hydrogen-bond acceptors (Lipinski definition) is 6. The van der Waals surface area contributed by atoms with Gasteiger partial charge >= 0.3 is 0 Å². The first-order valence-electron chi connectivity index (χ1n) is 11.5. The fourth-order valence-electron chi connectivity index (χ4n) is 5.09. The van der Waals surface area contributed by atoms with E-state index in [1.54, 1.807) is 24.3 Å². The molecule has 1 aromatic heterocycles. The molecule has 3 fully saturated rings. The smallest absolute Gasteiger partial charge is 0.272 e. The molecule has 1 amide bonds. The minimum atomic E-state index is -0.178. The summed E-state index contributed by atoms with van der Waals surface area (Å²) in [6.07, 6.45) is 3.41. The normalized spacial score (nSPS) is 26.5. The molecule has 2 atom stereocenters. The third-order valence-electron chi connectivity index (χ3n) is 6.95. The largest absolute Gasteiger partial charge is 0.490 e. The van der Waals surface area contributed by atoms with Crippen molar-refractivity contribution in [2.24, 2.45) is 11.8 Å². The van der Waals surface area contributed by atoms with Crippen molar-refractivity contribution in [1.82, 2.24) is 20.8 Å². The Balaban J connectivity index is 1.09. The zero-order valence-electron chi connectivity index (χ0n) is 18.3. The van der Waals surface area contributed by atoms with Crippen molar-refractivity contribution in [2.45, 2.75) is 37.8 Å². The van der Waals surface area contributed by atoms with Gasteiger partial charge in [-0.2, -0.15) is 0 Å². The molecule has 2 unspecified atom stereocenters. The monoisotopic (exact) mass is 466 g/mol. The van der Waals surface area contributed by atoms with E-state index >= 15 is 0 Å². The summed E-state index contributed by atoms with van der Waals surface area (Å²) in [4.78, 5) is 18.3. The van der Waals surface area contributed by atoms with E-state index in [4.69, 9.17) is 22.9 Å². The van der Waals surface area contributed by atoms with Crippen LogP contribution in [-0.2, 0) is 0 Å². The molecule has 2 N–H and O–H groups in total. The van der Waals surface area contributed by atoms with Gasteiger partial charge in [0, 0.05) is 32.2 Å². The van der Waals surface area contributed by atoms with E-state index in [0.29, 0.717) is 34.0 Å². The second-order valence-corrected chi connectivity index (χ2v) is 9.56. The Morgan fingerprint density at radius 1 is 1.12 bits per heavy atom.